The molecule has 0 aliphatic carbocycles. The molecule has 0 fully saturated rings. The third-order valence-electron chi connectivity index (χ3n) is 3.26. The van der Waals surface area contributed by atoms with Crippen LogP contribution in [0.5, 0.6) is 0 Å². The molecule has 1 heterocycles. The van der Waals surface area contributed by atoms with Crippen molar-refractivity contribution in [1.82, 2.24) is 0 Å². The quantitative estimate of drug-likeness (QED) is 0.932. The van der Waals surface area contributed by atoms with E-state index in [0.717, 1.165) is 9.77 Å². The van der Waals surface area contributed by atoms with Crippen molar-refractivity contribution in [1.29, 1.82) is 0 Å². The predicted octanol–water partition coefficient (Wildman–Crippen LogP) is 3.85. The van der Waals surface area contributed by atoms with E-state index in [1.54, 1.807) is 0 Å². The Kier molecular flexibility index (Phi) is 4.78. The largest absolute Gasteiger partial charge is 0.323 e. The summed E-state index contributed by atoms with van der Waals surface area (Å²) in [7, 11) is -1.01. The fourth-order valence-electron chi connectivity index (χ4n) is 1.96. The zero-order chi connectivity index (χ0) is 14.8. The van der Waals surface area contributed by atoms with E-state index in [9.17, 15) is 4.21 Å². The molecular weight excluding hydrogens is 286 g/mol. The lowest BCUT2D eigenvalue weighted by molar-refractivity contribution is 0.589. The van der Waals surface area contributed by atoms with E-state index in [4.69, 9.17) is 5.73 Å². The highest BCUT2D eigenvalue weighted by atomic mass is 32.2. The summed E-state index contributed by atoms with van der Waals surface area (Å²) in [6.45, 7) is 6.56. The van der Waals surface area contributed by atoms with Crippen LogP contribution in [0.1, 0.15) is 37.9 Å². The Bertz CT molecular complexity index is 568. The molecule has 0 radical (unpaired) electrons. The third-order valence-corrected chi connectivity index (χ3v) is 6.01. The SMILES string of the molecule is CC(C)(C)c1ccc(C(N)CS(=O)c2cccs2)cc1. The van der Waals surface area contributed by atoms with Crippen LogP contribution in [-0.2, 0) is 16.2 Å². The van der Waals surface area contributed by atoms with Gasteiger partial charge in [-0.2, -0.15) is 0 Å². The maximum Gasteiger partial charge on any atom is 0.0911 e. The van der Waals surface area contributed by atoms with Crippen LogP contribution in [-0.4, -0.2) is 9.96 Å². The summed E-state index contributed by atoms with van der Waals surface area (Å²) in [4.78, 5) is 0. The first-order chi connectivity index (χ1) is 9.38. The molecule has 20 heavy (non-hydrogen) atoms. The van der Waals surface area contributed by atoms with E-state index < -0.39 is 10.8 Å². The van der Waals surface area contributed by atoms with Gasteiger partial charge in [-0.3, -0.25) is 4.21 Å². The van der Waals surface area contributed by atoms with Crippen molar-refractivity contribution in [2.24, 2.45) is 5.73 Å². The highest BCUT2D eigenvalue weighted by Gasteiger charge is 2.16. The minimum absolute atomic E-state index is 0.141. The Morgan fingerprint density at radius 2 is 1.85 bits per heavy atom. The summed E-state index contributed by atoms with van der Waals surface area (Å²) in [5, 5.41) is 1.94. The average Bonchev–Trinajstić information content (AvgIpc) is 2.91. The molecule has 2 atom stereocenters. The molecule has 2 unspecified atom stereocenters. The second-order valence-electron chi connectivity index (χ2n) is 5.92. The summed E-state index contributed by atoms with van der Waals surface area (Å²) in [6.07, 6.45) is 0. The molecule has 1 aromatic carbocycles. The number of thiophene rings is 1. The molecule has 4 heteroatoms. The number of hydrogen-bond donors (Lipinski definition) is 1. The Balaban J connectivity index is 2.06. The Hall–Kier alpha value is -0.970. The maximum atomic E-state index is 12.2. The molecule has 108 valence electrons. The smallest absolute Gasteiger partial charge is 0.0911 e. The molecule has 0 aliphatic rings. The molecule has 0 spiro atoms. The van der Waals surface area contributed by atoms with Gasteiger partial charge >= 0.3 is 0 Å². The van der Waals surface area contributed by atoms with Gasteiger partial charge in [-0.1, -0.05) is 51.1 Å². The van der Waals surface area contributed by atoms with Crippen LogP contribution in [0.2, 0.25) is 0 Å². The predicted molar refractivity (Wildman–Crippen MR) is 87.7 cm³/mol. The van der Waals surface area contributed by atoms with Crippen LogP contribution in [0.4, 0.5) is 0 Å². The van der Waals surface area contributed by atoms with E-state index in [-0.39, 0.29) is 11.5 Å². The highest BCUT2D eigenvalue weighted by Crippen LogP contribution is 2.24. The number of hydrogen-bond acceptors (Lipinski definition) is 3. The van der Waals surface area contributed by atoms with Gasteiger partial charge in [-0.05, 0) is 28.0 Å². The minimum atomic E-state index is -1.01. The van der Waals surface area contributed by atoms with E-state index in [2.05, 4.69) is 45.0 Å². The van der Waals surface area contributed by atoms with Crippen molar-refractivity contribution >= 4 is 22.1 Å². The fraction of sp³-hybridized carbons (Fsp3) is 0.375. The molecule has 0 bridgehead atoms. The van der Waals surface area contributed by atoms with Crippen LogP contribution in [0.15, 0.2) is 46.0 Å². The lowest BCUT2D eigenvalue weighted by atomic mass is 9.86. The van der Waals surface area contributed by atoms with E-state index >= 15 is 0 Å². The van der Waals surface area contributed by atoms with Gasteiger partial charge in [-0.15, -0.1) is 11.3 Å². The molecule has 0 saturated heterocycles. The van der Waals surface area contributed by atoms with Gasteiger partial charge in [0.15, 0.2) is 0 Å². The van der Waals surface area contributed by atoms with Gasteiger partial charge in [0.25, 0.3) is 0 Å². The molecule has 1 aromatic heterocycles. The van der Waals surface area contributed by atoms with Crippen molar-refractivity contribution < 1.29 is 4.21 Å². The van der Waals surface area contributed by atoms with E-state index in [1.165, 1.54) is 16.9 Å². The van der Waals surface area contributed by atoms with E-state index in [0.29, 0.717) is 5.75 Å². The molecule has 2 nitrogen and oxygen atoms in total. The number of nitrogens with two attached hydrogens (primary N) is 1. The normalized spacial score (nSPS) is 15.0. The second kappa shape index (κ2) is 6.20. The lowest BCUT2D eigenvalue weighted by Gasteiger charge is -2.20. The van der Waals surface area contributed by atoms with Gasteiger partial charge in [0.05, 0.1) is 15.0 Å². The first kappa shape index (κ1) is 15.4. The second-order valence-corrected chi connectivity index (χ2v) is 8.59. The van der Waals surface area contributed by atoms with Crippen molar-refractivity contribution in [2.75, 3.05) is 5.75 Å². The first-order valence-corrected chi connectivity index (χ1v) is 8.85. The van der Waals surface area contributed by atoms with Gasteiger partial charge in [-0.25, -0.2) is 0 Å². The Morgan fingerprint density at radius 3 is 2.35 bits per heavy atom. The lowest BCUT2D eigenvalue weighted by Crippen LogP contribution is -2.18. The van der Waals surface area contributed by atoms with Crippen LogP contribution in [0.3, 0.4) is 0 Å². The Morgan fingerprint density at radius 1 is 1.20 bits per heavy atom. The summed E-state index contributed by atoms with van der Waals surface area (Å²) < 4.78 is 13.1. The molecule has 2 rings (SSSR count). The number of benzene rings is 1. The van der Waals surface area contributed by atoms with Crippen LogP contribution in [0.25, 0.3) is 0 Å². The van der Waals surface area contributed by atoms with Gasteiger partial charge < -0.3 is 5.73 Å². The molecule has 2 N–H and O–H groups in total. The Labute approximate surface area is 127 Å². The van der Waals surface area contributed by atoms with E-state index in [1.807, 2.05) is 17.5 Å². The molecular formula is C16H21NOS2. The van der Waals surface area contributed by atoms with Gasteiger partial charge in [0, 0.05) is 11.8 Å². The molecule has 0 amide bonds. The summed E-state index contributed by atoms with van der Waals surface area (Å²) >= 11 is 1.52. The highest BCUT2D eigenvalue weighted by molar-refractivity contribution is 7.87. The molecule has 0 saturated carbocycles. The fourth-order valence-corrected chi connectivity index (χ4v) is 4.13. The summed E-state index contributed by atoms with van der Waals surface area (Å²) in [5.41, 5.74) is 8.64. The van der Waals surface area contributed by atoms with Crippen molar-refractivity contribution in [3.63, 3.8) is 0 Å². The zero-order valence-electron chi connectivity index (χ0n) is 12.1. The van der Waals surface area contributed by atoms with Crippen molar-refractivity contribution in [2.45, 2.75) is 36.4 Å². The topological polar surface area (TPSA) is 43.1 Å². The van der Waals surface area contributed by atoms with Crippen molar-refractivity contribution in [3.8, 4) is 0 Å². The monoisotopic (exact) mass is 307 g/mol. The standard InChI is InChI=1S/C16H21NOS2/c1-16(2,3)13-8-6-12(7-9-13)14(17)11-20(18)15-5-4-10-19-15/h4-10,14H,11,17H2,1-3H3. The molecule has 2 aromatic rings. The van der Waals surface area contributed by atoms with Crippen molar-refractivity contribution in [3.05, 3.63) is 52.9 Å². The molecule has 0 aliphatic heterocycles. The summed E-state index contributed by atoms with van der Waals surface area (Å²) in [6, 6.07) is 12.0. The van der Waals surface area contributed by atoms with Crippen LogP contribution < -0.4 is 5.73 Å². The zero-order valence-corrected chi connectivity index (χ0v) is 13.8. The van der Waals surface area contributed by atoms with Crippen LogP contribution >= 0.6 is 11.3 Å². The number of rotatable bonds is 4. The third kappa shape index (κ3) is 3.78. The van der Waals surface area contributed by atoms with Gasteiger partial charge in [0.2, 0.25) is 0 Å². The van der Waals surface area contributed by atoms with Crippen LogP contribution in [0, 0.1) is 0 Å². The minimum Gasteiger partial charge on any atom is -0.323 e. The first-order valence-electron chi connectivity index (χ1n) is 6.66. The van der Waals surface area contributed by atoms with Gasteiger partial charge in [0.1, 0.15) is 0 Å². The average molecular weight is 307 g/mol. The maximum absolute atomic E-state index is 12.2. The summed E-state index contributed by atoms with van der Waals surface area (Å²) in [5.74, 6) is 0.468.